The Labute approximate surface area is 553 Å². The smallest absolute Gasteiger partial charge is 0.437 e. The van der Waals surface area contributed by atoms with Gasteiger partial charge in [0.15, 0.2) is 10.6 Å². The topological polar surface area (TPSA) is 256 Å². The lowest BCUT2D eigenvalue weighted by molar-refractivity contribution is -0.121. The molecule has 3 amide bonds. The molecule has 4 aromatic heterocycles. The number of pyridine rings is 1. The molecule has 94 heavy (non-hydrogen) atoms. The quantitative estimate of drug-likeness (QED) is 0.0680. The first-order valence-corrected chi connectivity index (χ1v) is 33.6. The van der Waals surface area contributed by atoms with Gasteiger partial charge < -0.3 is 48.7 Å². The highest BCUT2D eigenvalue weighted by Gasteiger charge is 2.44. The largest absolute Gasteiger partial charge is 0.611 e. The molecule has 1 unspecified atom stereocenters. The number of nitrogens with zero attached hydrogens (tertiary/aromatic N) is 13. The van der Waals surface area contributed by atoms with E-state index < -0.39 is 44.7 Å². The zero-order valence-corrected chi connectivity index (χ0v) is 57.9. The maximum Gasteiger partial charge on any atom is 0.437 e. The third-order valence-corrected chi connectivity index (χ3v) is 19.5. The Morgan fingerprint density at radius 1 is 0.819 bits per heavy atom. The van der Waals surface area contributed by atoms with E-state index in [9.17, 15) is 32.9 Å². The molecular formula is C68H92FN15O9S. The summed E-state index contributed by atoms with van der Waals surface area (Å²) < 4.78 is 46.5. The predicted octanol–water partition coefficient (Wildman–Crippen LogP) is 8.46. The molecule has 26 heteroatoms. The zero-order valence-electron chi connectivity index (χ0n) is 57.1. The third kappa shape index (κ3) is 16.0. The number of aromatic amines is 1. The number of H-pyrrole nitrogens is 1. The second-order valence-corrected chi connectivity index (χ2v) is 31.2. The molecule has 0 saturated carbocycles. The van der Waals surface area contributed by atoms with E-state index in [1.165, 1.54) is 23.1 Å². The number of nitrogens with one attached hydrogen (secondary N) is 2. The Bertz CT molecular complexity index is 3820. The summed E-state index contributed by atoms with van der Waals surface area (Å²) in [5.74, 6) is 1.18. The van der Waals surface area contributed by atoms with Crippen LogP contribution in [-0.2, 0) is 37.3 Å². The molecule has 3 saturated heterocycles. The summed E-state index contributed by atoms with van der Waals surface area (Å²) in [7, 11) is 0. The second-order valence-electron chi connectivity index (χ2n) is 29.0. The Morgan fingerprint density at radius 2 is 1.50 bits per heavy atom. The van der Waals surface area contributed by atoms with Gasteiger partial charge in [0.2, 0.25) is 11.9 Å². The highest BCUT2D eigenvalue weighted by Crippen LogP contribution is 2.41. The van der Waals surface area contributed by atoms with E-state index in [0.717, 1.165) is 17.7 Å². The van der Waals surface area contributed by atoms with Gasteiger partial charge in [0.05, 0.1) is 35.6 Å². The van der Waals surface area contributed by atoms with Crippen LogP contribution in [0.5, 0.6) is 5.75 Å². The van der Waals surface area contributed by atoms with Crippen molar-refractivity contribution in [3.8, 4) is 5.75 Å². The maximum absolute atomic E-state index is 14.7. The third-order valence-electron chi connectivity index (χ3n) is 17.7. The van der Waals surface area contributed by atoms with E-state index in [-0.39, 0.29) is 54.3 Å². The molecule has 3 fully saturated rings. The average molecular weight is 1310 g/mol. The number of anilines is 4. The Balaban J connectivity index is 0.730. The van der Waals surface area contributed by atoms with Crippen molar-refractivity contribution in [2.24, 2.45) is 0 Å². The van der Waals surface area contributed by atoms with Gasteiger partial charge >= 0.3 is 12.2 Å². The van der Waals surface area contributed by atoms with Gasteiger partial charge in [-0.3, -0.25) is 29.1 Å². The summed E-state index contributed by atoms with van der Waals surface area (Å²) >= 11 is -1.50. The number of carbonyl (C=O) groups is 4. The van der Waals surface area contributed by atoms with Crippen molar-refractivity contribution in [3.63, 3.8) is 0 Å². The standard InChI is InChI=1S/C68H92FN15O9S/c1-42-35-80(27-26-79(42)37-50-38-82(63(88)92-65(5,6)7)43(2)36-81(50)39-56(85)83-40-68(14,15)57-53(83)30-47(60(86)74-57)29-46-17-19-49(69)20-18-46)62-70-33-48(34-71-62)61(87)78-24-22-77(23-25-78)21-16-28-91-54-32-52-51(31-55(54)94(90)67(11,12)13)58(73-41-72-52)75-59-44(3)45(4)76-84(59)64(89)93-66(8,9)10/h17-20,30-34,41-43,50H,16,21-29,35-40H2,1-15H3,(H,74,86)(H,72,73,75)/t42-,43-,50+,94?/m1/s1. The fraction of sp³-hybridized carbons (Fsp3) is 0.559. The number of piperazine rings is 3. The summed E-state index contributed by atoms with van der Waals surface area (Å²) in [5.41, 5.74) is 2.76. The minimum Gasteiger partial charge on any atom is -0.611 e. The van der Waals surface area contributed by atoms with Crippen LogP contribution < -0.4 is 25.4 Å². The van der Waals surface area contributed by atoms with Gasteiger partial charge in [0, 0.05) is 155 Å². The fourth-order valence-electron chi connectivity index (χ4n) is 12.5. The first-order chi connectivity index (χ1) is 44.2. The van der Waals surface area contributed by atoms with Crippen molar-refractivity contribution in [3.05, 3.63) is 111 Å². The summed E-state index contributed by atoms with van der Waals surface area (Å²) in [5, 5.41) is 8.33. The van der Waals surface area contributed by atoms with E-state index in [1.807, 2.05) is 81.1 Å². The lowest BCUT2D eigenvalue weighted by Crippen LogP contribution is -2.65. The van der Waals surface area contributed by atoms with Gasteiger partial charge in [-0.1, -0.05) is 26.0 Å². The highest BCUT2D eigenvalue weighted by molar-refractivity contribution is 7.92. The van der Waals surface area contributed by atoms with Crippen molar-refractivity contribution in [1.82, 2.24) is 59.2 Å². The van der Waals surface area contributed by atoms with E-state index in [1.54, 1.807) is 73.3 Å². The Morgan fingerprint density at radius 3 is 2.16 bits per heavy atom. The number of rotatable bonds is 16. The molecule has 24 nitrogen and oxygen atoms in total. The van der Waals surface area contributed by atoms with Gasteiger partial charge in [-0.15, -0.1) is 4.68 Å². The number of benzene rings is 2. The van der Waals surface area contributed by atoms with Gasteiger partial charge in [0.25, 0.3) is 11.5 Å². The second kappa shape index (κ2) is 27.5. The van der Waals surface area contributed by atoms with Gasteiger partial charge in [-0.25, -0.2) is 33.9 Å². The predicted molar refractivity (Wildman–Crippen MR) is 359 cm³/mol. The number of amides is 3. The van der Waals surface area contributed by atoms with Crippen LogP contribution in [0.3, 0.4) is 0 Å². The number of carbonyl (C=O) groups excluding carboxylic acids is 4. The minimum absolute atomic E-state index is 0.0329. The zero-order chi connectivity index (χ0) is 67.9. The highest BCUT2D eigenvalue weighted by atomic mass is 32.2. The summed E-state index contributed by atoms with van der Waals surface area (Å²) in [6, 6.07) is 11.0. The number of aryl methyl sites for hydroxylation is 1. The normalized spacial score (nSPS) is 19.5. The maximum atomic E-state index is 14.7. The lowest BCUT2D eigenvalue weighted by Gasteiger charge is -2.48. The summed E-state index contributed by atoms with van der Waals surface area (Å²) in [6.45, 7) is 35.6. The van der Waals surface area contributed by atoms with Crippen LogP contribution in [0.4, 0.5) is 37.3 Å². The van der Waals surface area contributed by atoms with Crippen molar-refractivity contribution in [1.29, 1.82) is 0 Å². The molecule has 2 aromatic carbocycles. The van der Waals surface area contributed by atoms with E-state index >= 15 is 0 Å². The number of aromatic nitrogens is 7. The van der Waals surface area contributed by atoms with Crippen LogP contribution in [0, 0.1) is 19.7 Å². The number of hydrogen-bond acceptors (Lipinski definition) is 19. The lowest BCUT2D eigenvalue weighted by atomic mass is 9.91. The molecule has 10 rings (SSSR count). The van der Waals surface area contributed by atoms with Gasteiger partial charge in [-0.2, -0.15) is 5.10 Å². The van der Waals surface area contributed by atoms with Gasteiger partial charge in [-0.05, 0) is 131 Å². The van der Waals surface area contributed by atoms with Crippen molar-refractivity contribution >= 4 is 69.4 Å². The van der Waals surface area contributed by atoms with Crippen molar-refractivity contribution < 1.29 is 42.3 Å². The van der Waals surface area contributed by atoms with E-state index in [2.05, 4.69) is 51.9 Å². The number of hydrogen-bond donors (Lipinski definition) is 2. The van der Waals surface area contributed by atoms with E-state index in [4.69, 9.17) is 24.2 Å². The van der Waals surface area contributed by atoms with Crippen LogP contribution in [0.25, 0.3) is 10.9 Å². The first-order valence-electron chi connectivity index (χ1n) is 32.5. The SMILES string of the molecule is Cc1nn(C(=O)OC(C)(C)C)c(Nc2ncnc3cc(OCCCN4CCN(C(=O)c5cnc(N6CCN(C[C@H]7CN(C(=O)OC(C)(C)C)[C@H](C)CN7CC(=O)N7CC(C)(C)c8[nH]c(=O)c(Cc9ccc(F)cc9)cc87)[C@H](C)C6)nc5)CC4)c([S+]([O-])C(C)(C)C)cc23)c1C. The Hall–Kier alpha value is -7.78. The van der Waals surface area contributed by atoms with Crippen molar-refractivity contribution in [2.45, 2.75) is 161 Å². The van der Waals surface area contributed by atoms with Crippen LogP contribution in [-0.4, -0.2) is 214 Å². The molecule has 506 valence electrons. The molecule has 2 N–H and O–H groups in total. The minimum atomic E-state index is -1.50. The molecule has 0 bridgehead atoms. The van der Waals surface area contributed by atoms with Crippen LogP contribution in [0.1, 0.15) is 135 Å². The molecule has 6 aromatic rings. The molecule has 4 aliphatic rings. The number of ether oxygens (including phenoxy) is 3. The Kier molecular flexibility index (Phi) is 20.2. The summed E-state index contributed by atoms with van der Waals surface area (Å²) in [6.07, 6.45) is 4.56. The van der Waals surface area contributed by atoms with Crippen LogP contribution in [0.2, 0.25) is 0 Å². The van der Waals surface area contributed by atoms with Crippen LogP contribution in [0.15, 0.2) is 70.9 Å². The van der Waals surface area contributed by atoms with Crippen molar-refractivity contribution in [2.75, 3.05) is 107 Å². The monoisotopic (exact) mass is 1310 g/mol. The number of fused-ring (bicyclic) bond motifs is 2. The summed E-state index contributed by atoms with van der Waals surface area (Å²) in [4.78, 5) is 106. The molecule has 8 heterocycles. The molecule has 0 aliphatic carbocycles. The molecular weight excluding hydrogens is 1220 g/mol. The van der Waals surface area contributed by atoms with Crippen LogP contribution >= 0.6 is 0 Å². The molecule has 4 aliphatic heterocycles. The number of halogens is 1. The molecule has 0 spiro atoms. The first kappa shape index (κ1) is 69.1. The molecule has 0 radical (unpaired) electrons. The average Bonchev–Trinajstić information content (AvgIpc) is 1.51. The van der Waals surface area contributed by atoms with Gasteiger partial charge in [0.1, 0.15) is 39.7 Å². The van der Waals surface area contributed by atoms with E-state index in [0.29, 0.717) is 152 Å². The molecule has 4 atom stereocenters. The fourth-order valence-corrected chi connectivity index (χ4v) is 13.7.